The molecule has 0 unspecified atom stereocenters. The fourth-order valence-corrected chi connectivity index (χ4v) is 4.33. The molecule has 25 heavy (non-hydrogen) atoms. The Bertz CT molecular complexity index is 928. The Morgan fingerprint density at radius 2 is 1.88 bits per heavy atom. The van der Waals surface area contributed by atoms with E-state index in [2.05, 4.69) is 15.0 Å². The van der Waals surface area contributed by atoms with Crippen LogP contribution in [0.1, 0.15) is 5.56 Å². The second kappa shape index (κ2) is 7.47. The van der Waals surface area contributed by atoms with Crippen molar-refractivity contribution >= 4 is 50.1 Å². The third kappa shape index (κ3) is 4.53. The van der Waals surface area contributed by atoms with Gasteiger partial charge in [-0.3, -0.25) is 4.79 Å². The molecule has 3 rings (SSSR count). The van der Waals surface area contributed by atoms with Crippen LogP contribution in [0.4, 0.5) is 5.69 Å². The largest absolute Gasteiger partial charge is 0.351 e. The third-order valence-electron chi connectivity index (χ3n) is 3.35. The molecule has 2 aromatic carbocycles. The van der Waals surface area contributed by atoms with Crippen LogP contribution in [0.3, 0.4) is 0 Å². The molecule has 0 saturated heterocycles. The highest BCUT2D eigenvalue weighted by molar-refractivity contribution is 8.15. The van der Waals surface area contributed by atoms with E-state index < -0.39 is 10.0 Å². The van der Waals surface area contributed by atoms with Crippen LogP contribution in [-0.4, -0.2) is 25.2 Å². The summed E-state index contributed by atoms with van der Waals surface area (Å²) in [4.78, 5) is 12.1. The molecular formula is C16H14ClN3O3S2. The van der Waals surface area contributed by atoms with Crippen LogP contribution in [0.25, 0.3) is 0 Å². The van der Waals surface area contributed by atoms with Crippen LogP contribution in [-0.2, 0) is 21.4 Å². The highest BCUT2D eigenvalue weighted by atomic mass is 35.5. The molecule has 0 spiro atoms. The summed E-state index contributed by atoms with van der Waals surface area (Å²) in [6, 6.07) is 13.7. The van der Waals surface area contributed by atoms with Gasteiger partial charge in [0.1, 0.15) is 4.90 Å². The van der Waals surface area contributed by atoms with Crippen LogP contribution in [0.15, 0.2) is 57.8 Å². The van der Waals surface area contributed by atoms with Gasteiger partial charge in [0.25, 0.3) is 10.0 Å². The number of nitrogens with one attached hydrogen (secondary N) is 2. The second-order valence-corrected chi connectivity index (χ2v) is 8.16. The number of hydrogen-bond donors (Lipinski definition) is 2. The van der Waals surface area contributed by atoms with Crippen LogP contribution >= 0.6 is 23.4 Å². The van der Waals surface area contributed by atoms with E-state index in [0.29, 0.717) is 17.3 Å². The number of amidine groups is 1. The summed E-state index contributed by atoms with van der Waals surface area (Å²) >= 11 is 6.84. The average molecular weight is 396 g/mol. The Morgan fingerprint density at radius 1 is 1.16 bits per heavy atom. The maximum atomic E-state index is 12.1. The van der Waals surface area contributed by atoms with E-state index in [1.807, 2.05) is 12.1 Å². The molecule has 1 aliphatic heterocycles. The maximum absolute atomic E-state index is 12.1. The fraction of sp³-hybridized carbons (Fsp3) is 0.125. The predicted octanol–water partition coefficient (Wildman–Crippen LogP) is 2.86. The Hall–Kier alpha value is -2.03. The van der Waals surface area contributed by atoms with Crippen molar-refractivity contribution in [3.63, 3.8) is 0 Å². The van der Waals surface area contributed by atoms with Crippen LogP contribution in [0, 0.1) is 0 Å². The minimum atomic E-state index is -3.74. The van der Waals surface area contributed by atoms with Crippen molar-refractivity contribution in [1.29, 1.82) is 0 Å². The number of anilines is 1. The minimum Gasteiger partial charge on any atom is -0.351 e. The van der Waals surface area contributed by atoms with E-state index in [0.717, 1.165) is 17.3 Å². The van der Waals surface area contributed by atoms with Crippen LogP contribution in [0.2, 0.25) is 5.02 Å². The summed E-state index contributed by atoms with van der Waals surface area (Å²) in [5.74, 6) is -0.169. The highest BCUT2D eigenvalue weighted by Crippen LogP contribution is 2.28. The first-order valence-electron chi connectivity index (χ1n) is 7.29. The number of fused-ring (bicyclic) bond motifs is 1. The summed E-state index contributed by atoms with van der Waals surface area (Å²) < 4.78 is 27.9. The molecule has 1 aliphatic rings. The van der Waals surface area contributed by atoms with Gasteiger partial charge < -0.3 is 10.6 Å². The third-order valence-corrected chi connectivity index (χ3v) is 5.93. The van der Waals surface area contributed by atoms with Gasteiger partial charge in [-0.15, -0.1) is 4.40 Å². The molecule has 0 bridgehead atoms. The normalized spacial score (nSPS) is 14.8. The molecule has 9 heteroatoms. The topological polar surface area (TPSA) is 87.6 Å². The van der Waals surface area contributed by atoms with Crippen molar-refractivity contribution < 1.29 is 13.2 Å². The molecule has 0 aliphatic carbocycles. The van der Waals surface area contributed by atoms with E-state index in [1.165, 1.54) is 6.07 Å². The molecule has 1 heterocycles. The van der Waals surface area contributed by atoms with Gasteiger partial charge in [-0.1, -0.05) is 47.6 Å². The molecule has 0 atom stereocenters. The molecule has 2 N–H and O–H groups in total. The van der Waals surface area contributed by atoms with E-state index in [9.17, 15) is 13.2 Å². The summed E-state index contributed by atoms with van der Waals surface area (Å²) in [6.07, 6.45) is 0. The maximum Gasteiger partial charge on any atom is 0.286 e. The number of benzene rings is 2. The van der Waals surface area contributed by atoms with Crippen molar-refractivity contribution in [2.45, 2.75) is 11.4 Å². The molecule has 0 radical (unpaired) electrons. The van der Waals surface area contributed by atoms with Crippen molar-refractivity contribution in [2.24, 2.45) is 4.40 Å². The molecule has 0 fully saturated rings. The first-order valence-corrected chi connectivity index (χ1v) is 10.1. The number of hydrogen-bond acceptors (Lipinski definition) is 5. The monoisotopic (exact) mass is 395 g/mol. The summed E-state index contributed by atoms with van der Waals surface area (Å²) in [5.41, 5.74) is 1.38. The first-order chi connectivity index (χ1) is 11.9. The molecule has 0 aromatic heterocycles. The van der Waals surface area contributed by atoms with Gasteiger partial charge in [0.05, 0.1) is 11.4 Å². The molecule has 130 valence electrons. The summed E-state index contributed by atoms with van der Waals surface area (Å²) in [7, 11) is -3.74. The molecular weight excluding hydrogens is 382 g/mol. The number of para-hydroxylation sites is 1. The van der Waals surface area contributed by atoms with E-state index in [4.69, 9.17) is 11.6 Å². The van der Waals surface area contributed by atoms with Crippen LogP contribution < -0.4 is 10.6 Å². The quantitative estimate of drug-likeness (QED) is 0.831. The average Bonchev–Trinajstić information content (AvgIpc) is 2.59. The molecule has 6 nitrogen and oxygen atoms in total. The zero-order valence-corrected chi connectivity index (χ0v) is 15.3. The van der Waals surface area contributed by atoms with Gasteiger partial charge in [-0.05, 0) is 29.8 Å². The molecule has 1 amide bonds. The van der Waals surface area contributed by atoms with Crippen molar-refractivity contribution in [3.05, 3.63) is 59.1 Å². The number of carbonyl (C=O) groups is 1. The summed E-state index contributed by atoms with van der Waals surface area (Å²) in [6.45, 7) is 0.373. The Balaban J connectivity index is 1.56. The second-order valence-electron chi connectivity index (χ2n) is 5.18. The number of carbonyl (C=O) groups excluding carboxylic acids is 1. The molecule has 0 saturated carbocycles. The lowest BCUT2D eigenvalue weighted by atomic mass is 10.2. The van der Waals surface area contributed by atoms with Crippen molar-refractivity contribution in [3.8, 4) is 0 Å². The van der Waals surface area contributed by atoms with Gasteiger partial charge in [0.2, 0.25) is 5.91 Å². The number of amides is 1. The lowest BCUT2D eigenvalue weighted by molar-refractivity contribution is -0.118. The zero-order chi connectivity index (χ0) is 17.9. The van der Waals surface area contributed by atoms with Gasteiger partial charge in [0.15, 0.2) is 5.17 Å². The Morgan fingerprint density at radius 3 is 2.64 bits per heavy atom. The minimum absolute atomic E-state index is 0.0527. The van der Waals surface area contributed by atoms with Crippen molar-refractivity contribution in [1.82, 2.24) is 5.32 Å². The highest BCUT2D eigenvalue weighted by Gasteiger charge is 2.24. The van der Waals surface area contributed by atoms with E-state index in [-0.39, 0.29) is 21.7 Å². The fourth-order valence-electron chi connectivity index (χ4n) is 2.14. The lowest BCUT2D eigenvalue weighted by Crippen LogP contribution is -2.27. The standard InChI is InChI=1S/C16H14ClN3O3S2/c17-12-7-5-11(6-8-12)9-18-15(21)10-24-16-19-13-3-1-2-4-14(13)25(22,23)20-16/h1-8H,9-10H2,(H,18,21)(H,19,20). The number of rotatable bonds is 4. The van der Waals surface area contributed by atoms with Gasteiger partial charge in [-0.2, -0.15) is 8.42 Å². The van der Waals surface area contributed by atoms with Gasteiger partial charge >= 0.3 is 0 Å². The smallest absolute Gasteiger partial charge is 0.286 e. The van der Waals surface area contributed by atoms with Gasteiger partial charge in [0, 0.05) is 11.6 Å². The zero-order valence-electron chi connectivity index (χ0n) is 12.9. The van der Waals surface area contributed by atoms with Gasteiger partial charge in [-0.25, -0.2) is 0 Å². The Labute approximate surface area is 154 Å². The number of halogens is 1. The SMILES string of the molecule is O=C(CSC1=NS(=O)(=O)c2ccccc2N1)NCc1ccc(Cl)cc1. The summed E-state index contributed by atoms with van der Waals surface area (Å²) in [5, 5.41) is 6.50. The number of nitrogens with zero attached hydrogens (tertiary/aromatic N) is 1. The Kier molecular flexibility index (Phi) is 5.31. The molecule has 2 aromatic rings. The number of thioether (sulfide) groups is 1. The number of sulfonamides is 1. The van der Waals surface area contributed by atoms with Crippen molar-refractivity contribution in [2.75, 3.05) is 11.1 Å². The first kappa shape index (κ1) is 17.8. The lowest BCUT2D eigenvalue weighted by Gasteiger charge is -2.17. The van der Waals surface area contributed by atoms with Crippen LogP contribution in [0.5, 0.6) is 0 Å². The van der Waals surface area contributed by atoms with E-state index in [1.54, 1.807) is 30.3 Å². The van der Waals surface area contributed by atoms with E-state index >= 15 is 0 Å². The predicted molar refractivity (Wildman–Crippen MR) is 100 cm³/mol.